The lowest BCUT2D eigenvalue weighted by Gasteiger charge is -2.32. The first-order valence-electron chi connectivity index (χ1n) is 8.34. The third-order valence-electron chi connectivity index (χ3n) is 4.84. The summed E-state index contributed by atoms with van der Waals surface area (Å²) in [4.78, 5) is 12.0. The highest BCUT2D eigenvalue weighted by atomic mass is 16.7. The largest absolute Gasteiger partial charge is 0.494 e. The van der Waals surface area contributed by atoms with Crippen molar-refractivity contribution in [1.82, 2.24) is 0 Å². The molecule has 1 aliphatic rings. The number of benzene rings is 1. The topological polar surface area (TPSA) is 44.8 Å². The van der Waals surface area contributed by atoms with E-state index in [2.05, 4.69) is 0 Å². The Labute approximate surface area is 139 Å². The lowest BCUT2D eigenvalue weighted by Crippen LogP contribution is -2.41. The molecule has 1 aromatic rings. The molecule has 126 valence electrons. The van der Waals surface area contributed by atoms with Crippen LogP contribution in [0.5, 0.6) is 0 Å². The molecule has 0 radical (unpaired) electrons. The van der Waals surface area contributed by atoms with Gasteiger partial charge in [0.05, 0.1) is 23.7 Å². The summed E-state index contributed by atoms with van der Waals surface area (Å²) in [6.45, 7) is 12.4. The van der Waals surface area contributed by atoms with E-state index in [1.54, 1.807) is 0 Å². The van der Waals surface area contributed by atoms with E-state index < -0.39 is 0 Å². The van der Waals surface area contributed by atoms with Gasteiger partial charge in [0.25, 0.3) is 0 Å². The van der Waals surface area contributed by atoms with Gasteiger partial charge in [0.2, 0.25) is 0 Å². The number of hydrogen-bond donors (Lipinski definition) is 0. The van der Waals surface area contributed by atoms with Gasteiger partial charge < -0.3 is 14.0 Å². The van der Waals surface area contributed by atoms with Crippen molar-refractivity contribution in [3.05, 3.63) is 29.8 Å². The van der Waals surface area contributed by atoms with Crippen LogP contribution in [0.25, 0.3) is 0 Å². The van der Waals surface area contributed by atoms with Crippen LogP contribution in [0.3, 0.4) is 0 Å². The molecule has 1 aliphatic heterocycles. The molecule has 0 amide bonds. The average Bonchev–Trinajstić information content (AvgIpc) is 2.69. The maximum Gasteiger partial charge on any atom is 0.494 e. The second-order valence-electron chi connectivity index (χ2n) is 6.97. The summed E-state index contributed by atoms with van der Waals surface area (Å²) in [5.41, 5.74) is 1.22. The monoisotopic (exact) mass is 318 g/mol. The molecule has 5 heteroatoms. The highest BCUT2D eigenvalue weighted by molar-refractivity contribution is 6.62. The Hall–Kier alpha value is -1.33. The molecule has 4 nitrogen and oxygen atoms in total. The fourth-order valence-corrected chi connectivity index (χ4v) is 2.65. The van der Waals surface area contributed by atoms with Gasteiger partial charge in [0.15, 0.2) is 0 Å². The highest BCUT2D eigenvalue weighted by Crippen LogP contribution is 2.36. The molecule has 0 saturated carbocycles. The predicted octanol–water partition coefficient (Wildman–Crippen LogP) is 3.04. The summed E-state index contributed by atoms with van der Waals surface area (Å²) in [6.07, 6.45) is 0.717. The third-order valence-corrected chi connectivity index (χ3v) is 4.84. The van der Waals surface area contributed by atoms with Gasteiger partial charge in [0, 0.05) is 0 Å². The number of esters is 1. The van der Waals surface area contributed by atoms with Gasteiger partial charge in [-0.2, -0.15) is 0 Å². The summed E-state index contributed by atoms with van der Waals surface area (Å²) in [5.74, 6) is -0.388. The molecule has 0 aliphatic carbocycles. The van der Waals surface area contributed by atoms with Crippen LogP contribution >= 0.6 is 0 Å². The number of rotatable bonds is 5. The first-order valence-corrected chi connectivity index (χ1v) is 8.34. The van der Waals surface area contributed by atoms with Gasteiger partial charge in [-0.25, -0.2) is 0 Å². The molecular formula is C18H27BO4. The van der Waals surface area contributed by atoms with Crippen molar-refractivity contribution in [1.29, 1.82) is 0 Å². The van der Waals surface area contributed by atoms with Gasteiger partial charge in [-0.15, -0.1) is 0 Å². The number of carbonyl (C=O) groups excluding carboxylic acids is 1. The van der Waals surface area contributed by atoms with E-state index in [1.807, 2.05) is 65.8 Å². The van der Waals surface area contributed by atoms with Crippen molar-refractivity contribution < 1.29 is 18.8 Å². The molecule has 2 rings (SSSR count). The lowest BCUT2D eigenvalue weighted by molar-refractivity contribution is -0.145. The smallest absolute Gasteiger partial charge is 0.466 e. The standard InChI is InChI=1S/C18H27BO4/c1-7-15(16(20)21-8-2)13-9-11-14(12-10-13)19-22-17(3,4)18(5,6)23-19/h9-12,15H,7-8H2,1-6H3/t15-/m0/s1. The van der Waals surface area contributed by atoms with Crippen LogP contribution in [0.1, 0.15) is 59.4 Å². The molecule has 0 bridgehead atoms. The fraction of sp³-hybridized carbons (Fsp3) is 0.611. The SMILES string of the molecule is CCOC(=O)[C@@H](CC)c1ccc(B2OC(C)(C)C(C)(C)O2)cc1. The number of hydrogen-bond acceptors (Lipinski definition) is 4. The van der Waals surface area contributed by atoms with Crippen molar-refractivity contribution in [3.63, 3.8) is 0 Å². The molecule has 1 aromatic carbocycles. The van der Waals surface area contributed by atoms with Crippen LogP contribution < -0.4 is 5.46 Å². The molecule has 0 unspecified atom stereocenters. The van der Waals surface area contributed by atoms with Gasteiger partial charge in [-0.05, 0) is 52.1 Å². The Balaban J connectivity index is 2.15. The van der Waals surface area contributed by atoms with Crippen molar-refractivity contribution >= 4 is 18.6 Å². The Morgan fingerprint density at radius 2 is 1.61 bits per heavy atom. The molecule has 1 saturated heterocycles. The Bertz CT molecular complexity index is 535. The van der Waals surface area contributed by atoms with Gasteiger partial charge in [-0.3, -0.25) is 4.79 Å². The Morgan fingerprint density at radius 3 is 2.04 bits per heavy atom. The molecule has 0 N–H and O–H groups in total. The first-order chi connectivity index (χ1) is 10.7. The predicted molar refractivity (Wildman–Crippen MR) is 91.8 cm³/mol. The Kier molecular flexibility index (Phi) is 5.22. The summed E-state index contributed by atoms with van der Waals surface area (Å²) in [6, 6.07) is 7.87. The number of carbonyl (C=O) groups is 1. The zero-order valence-corrected chi connectivity index (χ0v) is 15.0. The van der Waals surface area contributed by atoms with Gasteiger partial charge >= 0.3 is 13.1 Å². The second kappa shape index (κ2) is 6.66. The molecule has 0 spiro atoms. The normalized spacial score (nSPS) is 20.3. The second-order valence-corrected chi connectivity index (χ2v) is 6.97. The van der Waals surface area contributed by atoms with Crippen LogP contribution in [0.2, 0.25) is 0 Å². The van der Waals surface area contributed by atoms with E-state index >= 15 is 0 Å². The molecule has 1 fully saturated rings. The highest BCUT2D eigenvalue weighted by Gasteiger charge is 2.51. The average molecular weight is 318 g/mol. The van der Waals surface area contributed by atoms with E-state index in [-0.39, 0.29) is 30.2 Å². The number of ether oxygens (including phenoxy) is 1. The lowest BCUT2D eigenvalue weighted by atomic mass is 9.78. The van der Waals surface area contributed by atoms with Crippen LogP contribution in [0, 0.1) is 0 Å². The van der Waals surface area contributed by atoms with E-state index in [0.717, 1.165) is 11.0 Å². The van der Waals surface area contributed by atoms with Crippen LogP contribution in [0.4, 0.5) is 0 Å². The first kappa shape index (κ1) is 18.0. The maximum atomic E-state index is 12.0. The third kappa shape index (κ3) is 3.61. The quantitative estimate of drug-likeness (QED) is 0.618. The summed E-state index contributed by atoms with van der Waals surface area (Å²) in [7, 11) is -0.378. The summed E-state index contributed by atoms with van der Waals surface area (Å²) in [5, 5.41) is 0. The minimum Gasteiger partial charge on any atom is -0.466 e. The Morgan fingerprint density at radius 1 is 1.09 bits per heavy atom. The van der Waals surface area contributed by atoms with Crippen LogP contribution in [-0.2, 0) is 18.8 Å². The maximum absolute atomic E-state index is 12.0. The summed E-state index contributed by atoms with van der Waals surface area (Å²) >= 11 is 0. The fourth-order valence-electron chi connectivity index (χ4n) is 2.65. The molecule has 1 heterocycles. The zero-order chi connectivity index (χ0) is 17.3. The summed E-state index contributed by atoms with van der Waals surface area (Å²) < 4.78 is 17.2. The van der Waals surface area contributed by atoms with E-state index in [1.165, 1.54) is 0 Å². The van der Waals surface area contributed by atoms with Crippen LogP contribution in [-0.4, -0.2) is 30.9 Å². The molecule has 23 heavy (non-hydrogen) atoms. The van der Waals surface area contributed by atoms with Crippen LogP contribution in [0.15, 0.2) is 24.3 Å². The minimum atomic E-state index is -0.378. The van der Waals surface area contributed by atoms with Crippen molar-refractivity contribution in [2.45, 2.75) is 65.1 Å². The van der Waals surface area contributed by atoms with Gasteiger partial charge in [-0.1, -0.05) is 31.2 Å². The van der Waals surface area contributed by atoms with E-state index in [9.17, 15) is 4.79 Å². The molecule has 0 aromatic heterocycles. The minimum absolute atomic E-state index is 0.168. The van der Waals surface area contributed by atoms with Crippen molar-refractivity contribution in [2.75, 3.05) is 6.61 Å². The molecular weight excluding hydrogens is 291 g/mol. The van der Waals surface area contributed by atoms with E-state index in [4.69, 9.17) is 14.0 Å². The molecule has 1 atom stereocenters. The van der Waals surface area contributed by atoms with E-state index in [0.29, 0.717) is 13.0 Å². The zero-order valence-electron chi connectivity index (χ0n) is 15.0. The van der Waals surface area contributed by atoms with Gasteiger partial charge in [0.1, 0.15) is 0 Å². The van der Waals surface area contributed by atoms with Crippen molar-refractivity contribution in [3.8, 4) is 0 Å². The van der Waals surface area contributed by atoms with Crippen molar-refractivity contribution in [2.24, 2.45) is 0 Å².